The largest absolute Gasteiger partial charge is 0.507 e. The van der Waals surface area contributed by atoms with Gasteiger partial charge < -0.3 is 9.67 Å². The molecule has 6 heteroatoms. The maximum atomic E-state index is 13.2. The van der Waals surface area contributed by atoms with E-state index in [-0.39, 0.29) is 26.7 Å². The Morgan fingerprint density at radius 3 is 2.20 bits per heavy atom. The number of hydrogen-bond acceptors (Lipinski definition) is 4. The van der Waals surface area contributed by atoms with Gasteiger partial charge in [-0.3, -0.25) is 4.79 Å². The SMILES string of the molecule is CC(=O)c1c(C)n(C)c2ccc(O)c(S(=O)(=O)c3ccc(C)cc3)c12. The van der Waals surface area contributed by atoms with E-state index in [9.17, 15) is 18.3 Å². The Morgan fingerprint density at radius 2 is 1.64 bits per heavy atom. The van der Waals surface area contributed by atoms with Crippen LogP contribution in [0.4, 0.5) is 0 Å². The van der Waals surface area contributed by atoms with Gasteiger partial charge in [0.05, 0.1) is 10.4 Å². The van der Waals surface area contributed by atoms with Gasteiger partial charge in [0.1, 0.15) is 10.6 Å². The van der Waals surface area contributed by atoms with Crippen LogP contribution in [0.15, 0.2) is 46.2 Å². The highest BCUT2D eigenvalue weighted by Gasteiger charge is 2.29. The number of ketones is 1. The molecular formula is C19H19NO4S. The molecule has 0 aliphatic heterocycles. The molecule has 1 aromatic heterocycles. The number of rotatable bonds is 3. The van der Waals surface area contributed by atoms with Crippen molar-refractivity contribution < 1.29 is 18.3 Å². The van der Waals surface area contributed by atoms with E-state index in [1.54, 1.807) is 36.7 Å². The summed E-state index contributed by atoms with van der Waals surface area (Å²) in [6.07, 6.45) is 0. The first-order valence-electron chi connectivity index (χ1n) is 7.80. The molecule has 0 radical (unpaired) electrons. The maximum absolute atomic E-state index is 13.2. The number of fused-ring (bicyclic) bond motifs is 1. The van der Waals surface area contributed by atoms with Crippen molar-refractivity contribution in [3.63, 3.8) is 0 Å². The highest BCUT2D eigenvalue weighted by molar-refractivity contribution is 7.91. The van der Waals surface area contributed by atoms with Gasteiger partial charge in [-0.1, -0.05) is 17.7 Å². The normalized spacial score (nSPS) is 11.8. The molecule has 1 heterocycles. The molecular weight excluding hydrogens is 338 g/mol. The fourth-order valence-electron chi connectivity index (χ4n) is 3.15. The van der Waals surface area contributed by atoms with Gasteiger partial charge >= 0.3 is 0 Å². The van der Waals surface area contributed by atoms with Crippen LogP contribution in [0.25, 0.3) is 10.9 Å². The lowest BCUT2D eigenvalue weighted by Crippen LogP contribution is -2.05. The average molecular weight is 357 g/mol. The smallest absolute Gasteiger partial charge is 0.210 e. The Hall–Kier alpha value is -2.60. The van der Waals surface area contributed by atoms with Gasteiger partial charge in [-0.05, 0) is 45.0 Å². The molecule has 0 spiro atoms. The third-order valence-corrected chi connectivity index (χ3v) is 6.39. The maximum Gasteiger partial charge on any atom is 0.210 e. The summed E-state index contributed by atoms with van der Waals surface area (Å²) in [5.41, 5.74) is 2.50. The summed E-state index contributed by atoms with van der Waals surface area (Å²) < 4.78 is 28.2. The highest BCUT2D eigenvalue weighted by atomic mass is 32.2. The van der Waals surface area contributed by atoms with Crippen LogP contribution >= 0.6 is 0 Å². The van der Waals surface area contributed by atoms with Gasteiger partial charge in [-0.15, -0.1) is 0 Å². The van der Waals surface area contributed by atoms with Gasteiger partial charge in [0.15, 0.2) is 5.78 Å². The van der Waals surface area contributed by atoms with Crippen molar-refractivity contribution in [3.8, 4) is 5.75 Å². The molecule has 0 saturated carbocycles. The van der Waals surface area contributed by atoms with E-state index in [0.717, 1.165) is 5.56 Å². The lowest BCUT2D eigenvalue weighted by atomic mass is 10.1. The Balaban J connectivity index is 2.48. The van der Waals surface area contributed by atoms with E-state index >= 15 is 0 Å². The quantitative estimate of drug-likeness (QED) is 0.728. The summed E-state index contributed by atoms with van der Waals surface area (Å²) in [7, 11) is -2.22. The third-order valence-electron chi connectivity index (χ3n) is 4.54. The standard InChI is InChI=1S/C19H19NO4S/c1-11-5-7-14(8-6-11)25(23,24)19-16(22)10-9-15-18(19)17(13(3)21)12(2)20(15)4/h5-10,22H,1-4H3. The minimum absolute atomic E-state index is 0.0805. The zero-order chi connectivity index (χ0) is 18.5. The molecule has 3 aromatic rings. The molecule has 0 fully saturated rings. The van der Waals surface area contributed by atoms with Gasteiger partial charge in [0.25, 0.3) is 0 Å². The van der Waals surface area contributed by atoms with Crippen molar-refractivity contribution in [2.75, 3.05) is 0 Å². The number of carbonyl (C=O) groups excluding carboxylic acids is 1. The molecule has 0 unspecified atom stereocenters. The van der Waals surface area contributed by atoms with Crippen LogP contribution in [-0.2, 0) is 16.9 Å². The van der Waals surface area contributed by atoms with Crippen LogP contribution in [0, 0.1) is 13.8 Å². The number of benzene rings is 2. The number of sulfone groups is 1. The van der Waals surface area contributed by atoms with Crippen molar-refractivity contribution in [1.29, 1.82) is 0 Å². The molecule has 5 nitrogen and oxygen atoms in total. The van der Waals surface area contributed by atoms with Gasteiger partial charge in [0.2, 0.25) is 9.84 Å². The Bertz CT molecular complexity index is 1110. The molecule has 0 saturated heterocycles. The van der Waals surface area contributed by atoms with Crippen molar-refractivity contribution >= 4 is 26.5 Å². The molecule has 3 rings (SSSR count). The molecule has 0 aliphatic carbocycles. The second-order valence-electron chi connectivity index (χ2n) is 6.20. The molecule has 0 atom stereocenters. The van der Waals surface area contributed by atoms with Crippen molar-refractivity contribution in [2.45, 2.75) is 30.6 Å². The van der Waals surface area contributed by atoms with E-state index in [0.29, 0.717) is 16.8 Å². The molecule has 0 bridgehead atoms. The van der Waals surface area contributed by atoms with Crippen molar-refractivity contribution in [3.05, 3.63) is 53.2 Å². The number of carbonyl (C=O) groups is 1. The third kappa shape index (κ3) is 2.53. The summed E-state index contributed by atoms with van der Waals surface area (Å²) in [6.45, 7) is 5.02. The molecule has 25 heavy (non-hydrogen) atoms. The predicted molar refractivity (Wildman–Crippen MR) is 96.0 cm³/mol. The minimum Gasteiger partial charge on any atom is -0.507 e. The summed E-state index contributed by atoms with van der Waals surface area (Å²) >= 11 is 0. The van der Waals surface area contributed by atoms with Gasteiger partial charge in [-0.25, -0.2) is 8.42 Å². The van der Waals surface area contributed by atoms with Crippen LogP contribution < -0.4 is 0 Å². The Kier molecular flexibility index (Phi) is 3.95. The molecule has 0 amide bonds. The molecule has 130 valence electrons. The van der Waals surface area contributed by atoms with Gasteiger partial charge in [0, 0.05) is 23.7 Å². The highest BCUT2D eigenvalue weighted by Crippen LogP contribution is 2.39. The number of Topliss-reactive ketones (excluding diaryl/α,β-unsaturated/α-hetero) is 1. The van der Waals surface area contributed by atoms with E-state index in [2.05, 4.69) is 0 Å². The summed E-state index contributed by atoms with van der Waals surface area (Å²) in [6, 6.07) is 9.39. The number of phenolic OH excluding ortho intramolecular Hbond substituents is 1. The van der Waals surface area contributed by atoms with Crippen LogP contribution in [0.5, 0.6) is 5.75 Å². The first kappa shape index (κ1) is 17.2. The second kappa shape index (κ2) is 5.74. The number of aryl methyl sites for hydroxylation is 2. The zero-order valence-corrected chi connectivity index (χ0v) is 15.3. The summed E-state index contributed by atoms with van der Waals surface area (Å²) in [5.74, 6) is -0.602. The number of nitrogens with zero attached hydrogens (tertiary/aromatic N) is 1. The van der Waals surface area contributed by atoms with E-state index < -0.39 is 9.84 Å². The number of aromatic nitrogens is 1. The first-order chi connectivity index (χ1) is 11.7. The van der Waals surface area contributed by atoms with Gasteiger partial charge in [-0.2, -0.15) is 0 Å². The summed E-state index contributed by atoms with van der Waals surface area (Å²) in [5, 5.41) is 10.6. The number of phenols is 1. The topological polar surface area (TPSA) is 76.4 Å². The van der Waals surface area contributed by atoms with Crippen LogP contribution in [-0.4, -0.2) is 23.9 Å². The lowest BCUT2D eigenvalue weighted by molar-refractivity contribution is 0.101. The second-order valence-corrected chi connectivity index (χ2v) is 8.09. The molecule has 0 aliphatic rings. The predicted octanol–water partition coefficient (Wildman–Crippen LogP) is 3.54. The average Bonchev–Trinajstić information content (AvgIpc) is 2.78. The van der Waals surface area contributed by atoms with Crippen molar-refractivity contribution in [2.24, 2.45) is 7.05 Å². The Morgan fingerprint density at radius 1 is 1.04 bits per heavy atom. The summed E-state index contributed by atoms with van der Waals surface area (Å²) in [4.78, 5) is 12.0. The zero-order valence-electron chi connectivity index (χ0n) is 14.5. The lowest BCUT2D eigenvalue weighted by Gasteiger charge is -2.10. The van der Waals surface area contributed by atoms with E-state index in [4.69, 9.17) is 0 Å². The first-order valence-corrected chi connectivity index (χ1v) is 9.28. The molecule has 2 aromatic carbocycles. The van der Waals surface area contributed by atoms with Crippen LogP contribution in [0.3, 0.4) is 0 Å². The number of hydrogen-bond donors (Lipinski definition) is 1. The molecule has 1 N–H and O–H groups in total. The Labute approximate surface area is 146 Å². The van der Waals surface area contributed by atoms with Crippen molar-refractivity contribution in [1.82, 2.24) is 4.57 Å². The van der Waals surface area contributed by atoms with Crippen LogP contribution in [0.2, 0.25) is 0 Å². The van der Waals surface area contributed by atoms with Crippen LogP contribution in [0.1, 0.15) is 28.5 Å². The van der Waals surface area contributed by atoms with E-state index in [1.165, 1.54) is 25.1 Å². The number of aromatic hydroxyl groups is 1. The fraction of sp³-hybridized carbons (Fsp3) is 0.211. The monoisotopic (exact) mass is 357 g/mol. The minimum atomic E-state index is -3.99. The van der Waals surface area contributed by atoms with E-state index in [1.807, 2.05) is 6.92 Å². The fourth-order valence-corrected chi connectivity index (χ4v) is 4.70.